The maximum absolute atomic E-state index is 5.69. The first-order valence-electron chi connectivity index (χ1n) is 3.54. The van der Waals surface area contributed by atoms with E-state index in [1.165, 1.54) is 0 Å². The zero-order valence-electron chi connectivity index (χ0n) is 6.50. The van der Waals surface area contributed by atoms with Gasteiger partial charge in [0.05, 0.1) is 12.2 Å². The van der Waals surface area contributed by atoms with Crippen molar-refractivity contribution in [3.63, 3.8) is 0 Å². The molecule has 0 fully saturated rings. The van der Waals surface area contributed by atoms with Gasteiger partial charge in [-0.15, -0.1) is 11.8 Å². The molecule has 1 aromatic rings. The zero-order chi connectivity index (χ0) is 8.55. The normalized spacial score (nSPS) is 14.2. The van der Waals surface area contributed by atoms with E-state index in [1.54, 1.807) is 11.8 Å². The topological polar surface area (TPSA) is 35.0 Å². The van der Waals surface area contributed by atoms with E-state index in [2.05, 4.69) is 9.97 Å². The number of nitrogens with zero attached hydrogens (tertiary/aromatic N) is 2. The number of rotatable bonds is 1. The molecule has 1 aliphatic heterocycles. The van der Waals surface area contributed by atoms with Crippen LogP contribution in [0.1, 0.15) is 5.56 Å². The molecule has 0 unspecified atom stereocenters. The second-order valence-electron chi connectivity index (χ2n) is 2.38. The van der Waals surface area contributed by atoms with Crippen molar-refractivity contribution in [2.24, 2.45) is 0 Å². The first kappa shape index (κ1) is 8.13. The van der Waals surface area contributed by atoms with Gasteiger partial charge in [0, 0.05) is 6.42 Å². The van der Waals surface area contributed by atoms with Gasteiger partial charge in [-0.1, -0.05) is 0 Å². The predicted molar refractivity (Wildman–Crippen MR) is 48.0 cm³/mol. The molecular formula is C7H7ClN2OS. The van der Waals surface area contributed by atoms with E-state index in [0.717, 1.165) is 17.0 Å². The van der Waals surface area contributed by atoms with Gasteiger partial charge >= 0.3 is 0 Å². The van der Waals surface area contributed by atoms with Crippen molar-refractivity contribution in [1.82, 2.24) is 9.97 Å². The maximum Gasteiger partial charge on any atom is 0.226 e. The van der Waals surface area contributed by atoms with Crippen molar-refractivity contribution >= 4 is 23.4 Å². The number of fused-ring (bicyclic) bond motifs is 1. The van der Waals surface area contributed by atoms with E-state index in [0.29, 0.717) is 12.5 Å². The van der Waals surface area contributed by atoms with Gasteiger partial charge in [0.1, 0.15) is 5.03 Å². The van der Waals surface area contributed by atoms with Crippen molar-refractivity contribution in [2.45, 2.75) is 11.4 Å². The lowest BCUT2D eigenvalue weighted by atomic mass is 10.3. The standard InChI is InChI=1S/C7H7ClN2OS/c1-12-6-4-2-3-11-5(4)9-7(8)10-6/h2-3H2,1H3. The van der Waals surface area contributed by atoms with Crippen LogP contribution < -0.4 is 4.74 Å². The van der Waals surface area contributed by atoms with Gasteiger partial charge in [0.25, 0.3) is 0 Å². The third kappa shape index (κ3) is 1.25. The molecule has 0 atom stereocenters. The van der Waals surface area contributed by atoms with Gasteiger partial charge in [-0.3, -0.25) is 0 Å². The molecule has 0 saturated carbocycles. The molecule has 1 aliphatic rings. The van der Waals surface area contributed by atoms with Crippen LogP contribution in [0.2, 0.25) is 5.28 Å². The lowest BCUT2D eigenvalue weighted by Gasteiger charge is -2.01. The van der Waals surface area contributed by atoms with Crippen molar-refractivity contribution in [2.75, 3.05) is 12.9 Å². The van der Waals surface area contributed by atoms with Crippen LogP contribution in [0.25, 0.3) is 0 Å². The summed E-state index contributed by atoms with van der Waals surface area (Å²) in [5, 5.41) is 1.20. The Hall–Kier alpha value is -0.480. The first-order chi connectivity index (χ1) is 5.81. The van der Waals surface area contributed by atoms with E-state index >= 15 is 0 Å². The first-order valence-corrected chi connectivity index (χ1v) is 5.14. The van der Waals surface area contributed by atoms with Gasteiger partial charge < -0.3 is 4.74 Å². The summed E-state index contributed by atoms with van der Waals surface area (Å²) in [7, 11) is 0. The molecule has 1 aromatic heterocycles. The summed E-state index contributed by atoms with van der Waals surface area (Å²) >= 11 is 7.26. The van der Waals surface area contributed by atoms with E-state index in [9.17, 15) is 0 Å². The molecule has 2 heterocycles. The van der Waals surface area contributed by atoms with Crippen LogP contribution in [-0.4, -0.2) is 22.8 Å². The summed E-state index contributed by atoms with van der Waals surface area (Å²) in [6.45, 7) is 0.692. The molecule has 12 heavy (non-hydrogen) atoms. The highest BCUT2D eigenvalue weighted by atomic mass is 35.5. The molecule has 2 rings (SSSR count). The molecular weight excluding hydrogens is 196 g/mol. The van der Waals surface area contributed by atoms with Crippen LogP contribution in [0.4, 0.5) is 0 Å². The molecule has 3 nitrogen and oxygen atoms in total. The number of ether oxygens (including phenoxy) is 1. The highest BCUT2D eigenvalue weighted by molar-refractivity contribution is 7.98. The Kier molecular flexibility index (Phi) is 2.11. The van der Waals surface area contributed by atoms with Gasteiger partial charge in [0.15, 0.2) is 0 Å². The number of aromatic nitrogens is 2. The van der Waals surface area contributed by atoms with Gasteiger partial charge in [-0.05, 0) is 17.9 Å². The zero-order valence-corrected chi connectivity index (χ0v) is 8.08. The van der Waals surface area contributed by atoms with Gasteiger partial charge in [-0.25, -0.2) is 4.98 Å². The third-order valence-electron chi connectivity index (χ3n) is 1.69. The minimum atomic E-state index is 0.264. The fourth-order valence-electron chi connectivity index (χ4n) is 1.17. The third-order valence-corrected chi connectivity index (χ3v) is 2.58. The highest BCUT2D eigenvalue weighted by Crippen LogP contribution is 2.31. The molecule has 0 aliphatic carbocycles. The smallest absolute Gasteiger partial charge is 0.226 e. The molecule has 0 bridgehead atoms. The molecule has 0 aromatic carbocycles. The molecule has 0 radical (unpaired) electrons. The second kappa shape index (κ2) is 3.11. The Morgan fingerprint density at radius 3 is 3.08 bits per heavy atom. The Morgan fingerprint density at radius 2 is 2.33 bits per heavy atom. The summed E-state index contributed by atoms with van der Waals surface area (Å²) in [5.41, 5.74) is 1.09. The summed E-state index contributed by atoms with van der Waals surface area (Å²) in [5.74, 6) is 0.652. The highest BCUT2D eigenvalue weighted by Gasteiger charge is 2.19. The SMILES string of the molecule is CSc1nc(Cl)nc2c1CCO2. The lowest BCUT2D eigenvalue weighted by Crippen LogP contribution is -1.91. The number of hydrogen-bond donors (Lipinski definition) is 0. The van der Waals surface area contributed by atoms with Crippen LogP contribution in [0.15, 0.2) is 5.03 Å². The number of thioether (sulfide) groups is 1. The second-order valence-corrected chi connectivity index (χ2v) is 3.52. The van der Waals surface area contributed by atoms with Crippen LogP contribution in [-0.2, 0) is 6.42 Å². The Labute approximate surface area is 79.5 Å². The molecule has 64 valence electrons. The minimum absolute atomic E-state index is 0.264. The number of hydrogen-bond acceptors (Lipinski definition) is 4. The van der Waals surface area contributed by atoms with Crippen LogP contribution in [0.5, 0.6) is 5.88 Å². The molecule has 0 amide bonds. The average molecular weight is 203 g/mol. The largest absolute Gasteiger partial charge is 0.477 e. The average Bonchev–Trinajstić information content (AvgIpc) is 2.50. The van der Waals surface area contributed by atoms with Crippen molar-refractivity contribution < 1.29 is 4.74 Å². The fraction of sp³-hybridized carbons (Fsp3) is 0.429. The summed E-state index contributed by atoms with van der Waals surface area (Å²) in [4.78, 5) is 8.08. The van der Waals surface area contributed by atoms with Crippen molar-refractivity contribution in [3.05, 3.63) is 10.8 Å². The van der Waals surface area contributed by atoms with Crippen LogP contribution >= 0.6 is 23.4 Å². The number of halogens is 1. The van der Waals surface area contributed by atoms with Crippen molar-refractivity contribution in [1.29, 1.82) is 0 Å². The lowest BCUT2D eigenvalue weighted by molar-refractivity contribution is 0.344. The van der Waals surface area contributed by atoms with Crippen LogP contribution in [0, 0.1) is 0 Å². The monoisotopic (exact) mass is 202 g/mol. The van der Waals surface area contributed by atoms with E-state index in [1.807, 2.05) is 6.26 Å². The minimum Gasteiger partial charge on any atom is -0.477 e. The molecule has 0 saturated heterocycles. The van der Waals surface area contributed by atoms with E-state index in [-0.39, 0.29) is 5.28 Å². The Morgan fingerprint density at radius 1 is 1.50 bits per heavy atom. The molecule has 0 spiro atoms. The van der Waals surface area contributed by atoms with Crippen LogP contribution in [0.3, 0.4) is 0 Å². The maximum atomic E-state index is 5.69. The summed E-state index contributed by atoms with van der Waals surface area (Å²) in [6.07, 6.45) is 2.86. The van der Waals surface area contributed by atoms with Gasteiger partial charge in [0.2, 0.25) is 11.2 Å². The predicted octanol–water partition coefficient (Wildman–Crippen LogP) is 1.79. The molecule has 5 heteroatoms. The summed E-state index contributed by atoms with van der Waals surface area (Å²) in [6, 6.07) is 0. The van der Waals surface area contributed by atoms with Crippen molar-refractivity contribution in [3.8, 4) is 5.88 Å². The van der Waals surface area contributed by atoms with E-state index < -0.39 is 0 Å². The molecule has 0 N–H and O–H groups in total. The Balaban J connectivity index is 2.55. The quantitative estimate of drug-likeness (QED) is 0.395. The summed E-state index contributed by atoms with van der Waals surface area (Å²) < 4.78 is 5.27. The fourth-order valence-corrected chi connectivity index (χ4v) is 2.00. The van der Waals surface area contributed by atoms with E-state index in [4.69, 9.17) is 16.3 Å². The van der Waals surface area contributed by atoms with Gasteiger partial charge in [-0.2, -0.15) is 4.98 Å². The Bertz CT molecular complexity index is 319.